The van der Waals surface area contributed by atoms with E-state index in [4.69, 9.17) is 5.73 Å². The molecule has 0 spiro atoms. The molecule has 3 N–H and O–H groups in total. The summed E-state index contributed by atoms with van der Waals surface area (Å²) in [5.41, 5.74) is 6.94. The van der Waals surface area contributed by atoms with Gasteiger partial charge in [0, 0.05) is 12.6 Å². The van der Waals surface area contributed by atoms with E-state index in [1.54, 1.807) is 24.3 Å². The van der Waals surface area contributed by atoms with Crippen LogP contribution in [0.2, 0.25) is 0 Å². The van der Waals surface area contributed by atoms with Crippen LogP contribution in [0.5, 0.6) is 0 Å². The third kappa shape index (κ3) is 4.42. The largest absolute Gasteiger partial charge is 0.468 e. The van der Waals surface area contributed by atoms with Crippen molar-refractivity contribution in [1.82, 2.24) is 0 Å². The zero-order chi connectivity index (χ0) is 12.1. The van der Waals surface area contributed by atoms with E-state index in [2.05, 4.69) is 10.1 Å². The number of hydrogen-bond acceptors (Lipinski definition) is 4. The summed E-state index contributed by atoms with van der Waals surface area (Å²) in [7, 11) is 1.29. The smallest absolute Gasteiger partial charge is 0.327 e. The Balaban J connectivity index is 0.00000256. The predicted molar refractivity (Wildman–Crippen MR) is 66.9 cm³/mol. The predicted octanol–water partition coefficient (Wildman–Crippen LogP) is 1.24. The Morgan fingerprint density at radius 2 is 1.82 bits per heavy atom. The Morgan fingerprint density at radius 1 is 1.29 bits per heavy atom. The van der Waals surface area contributed by atoms with Crippen molar-refractivity contribution in [2.45, 2.75) is 13.0 Å². The highest BCUT2D eigenvalue weighted by molar-refractivity contribution is 5.88. The van der Waals surface area contributed by atoms with Crippen molar-refractivity contribution in [3.05, 3.63) is 29.8 Å². The minimum Gasteiger partial charge on any atom is -0.468 e. The fourth-order valence-corrected chi connectivity index (χ4v) is 1.24. The summed E-state index contributed by atoms with van der Waals surface area (Å²) < 4.78 is 4.53. The van der Waals surface area contributed by atoms with E-state index >= 15 is 0 Å². The molecule has 0 unspecified atom stereocenters. The minimum atomic E-state index is -0.795. The third-order valence-corrected chi connectivity index (χ3v) is 2.05. The van der Waals surface area contributed by atoms with E-state index in [-0.39, 0.29) is 18.3 Å². The van der Waals surface area contributed by atoms with Gasteiger partial charge in [0.1, 0.15) is 6.04 Å². The van der Waals surface area contributed by atoms with Gasteiger partial charge in [-0.1, -0.05) is 12.1 Å². The van der Waals surface area contributed by atoms with Gasteiger partial charge in [-0.2, -0.15) is 0 Å². The van der Waals surface area contributed by atoms with Gasteiger partial charge in [-0.15, -0.1) is 12.4 Å². The molecule has 1 aromatic rings. The van der Waals surface area contributed by atoms with Crippen molar-refractivity contribution in [2.24, 2.45) is 5.73 Å². The van der Waals surface area contributed by atoms with E-state index in [1.165, 1.54) is 14.0 Å². The molecule has 0 saturated carbocycles. The summed E-state index contributed by atoms with van der Waals surface area (Å²) in [6.07, 6.45) is 0. The second-order valence-electron chi connectivity index (χ2n) is 3.30. The molecule has 0 fully saturated rings. The molecule has 5 nitrogen and oxygen atoms in total. The number of ether oxygens (including phenoxy) is 1. The van der Waals surface area contributed by atoms with Gasteiger partial charge in [0.05, 0.1) is 7.11 Å². The summed E-state index contributed by atoms with van der Waals surface area (Å²) in [6, 6.07) is 5.91. The van der Waals surface area contributed by atoms with Gasteiger partial charge in [0.25, 0.3) is 0 Å². The van der Waals surface area contributed by atoms with Crippen LogP contribution in [-0.2, 0) is 14.3 Å². The molecule has 17 heavy (non-hydrogen) atoms. The van der Waals surface area contributed by atoms with Crippen molar-refractivity contribution in [3.8, 4) is 0 Å². The van der Waals surface area contributed by atoms with Crippen LogP contribution >= 0.6 is 12.4 Å². The van der Waals surface area contributed by atoms with Crippen molar-refractivity contribution in [2.75, 3.05) is 12.4 Å². The van der Waals surface area contributed by atoms with Crippen molar-refractivity contribution in [1.29, 1.82) is 0 Å². The molecule has 6 heteroatoms. The topological polar surface area (TPSA) is 81.4 Å². The number of esters is 1. The quantitative estimate of drug-likeness (QED) is 0.800. The minimum absolute atomic E-state index is 0. The summed E-state index contributed by atoms with van der Waals surface area (Å²) in [6.45, 7) is 1.42. The molecule has 0 heterocycles. The Bertz CT molecular complexity index is 392. The number of anilines is 1. The molecule has 0 aliphatic rings. The summed E-state index contributed by atoms with van der Waals surface area (Å²) >= 11 is 0. The number of nitrogens with one attached hydrogen (secondary N) is 1. The summed E-state index contributed by atoms with van der Waals surface area (Å²) in [5.74, 6) is -0.641. The average molecular weight is 259 g/mol. The lowest BCUT2D eigenvalue weighted by atomic mass is 10.1. The molecule has 0 saturated heterocycles. The number of hydrogen-bond donors (Lipinski definition) is 2. The fourth-order valence-electron chi connectivity index (χ4n) is 1.24. The van der Waals surface area contributed by atoms with E-state index in [9.17, 15) is 9.59 Å². The van der Waals surface area contributed by atoms with Gasteiger partial charge in [-0.25, -0.2) is 0 Å². The van der Waals surface area contributed by atoms with Crippen LogP contribution in [0.15, 0.2) is 24.3 Å². The summed E-state index contributed by atoms with van der Waals surface area (Å²) in [5, 5.41) is 2.62. The molecule has 1 rings (SSSR count). The molecule has 0 aliphatic carbocycles. The van der Waals surface area contributed by atoms with E-state index < -0.39 is 12.0 Å². The van der Waals surface area contributed by atoms with Crippen molar-refractivity contribution < 1.29 is 14.3 Å². The maximum Gasteiger partial charge on any atom is 0.327 e. The van der Waals surface area contributed by atoms with Crippen molar-refractivity contribution in [3.63, 3.8) is 0 Å². The molecule has 0 aliphatic heterocycles. The SMILES string of the molecule is COC(=O)[C@@H](N)c1ccc(NC(C)=O)cc1.Cl. The molecule has 1 amide bonds. The maximum absolute atomic E-state index is 11.2. The standard InChI is InChI=1S/C11H14N2O3.ClH/c1-7(14)13-9-5-3-8(4-6-9)10(12)11(15)16-2;/h3-6,10H,12H2,1-2H3,(H,13,14);1H/t10-;/m0./s1. The van der Waals surface area contributed by atoms with Crippen LogP contribution in [0, 0.1) is 0 Å². The van der Waals surface area contributed by atoms with E-state index in [0.29, 0.717) is 11.3 Å². The maximum atomic E-state index is 11.2. The first-order valence-corrected chi connectivity index (χ1v) is 4.75. The summed E-state index contributed by atoms with van der Waals surface area (Å²) in [4.78, 5) is 21.9. The van der Waals surface area contributed by atoms with Crippen LogP contribution < -0.4 is 11.1 Å². The van der Waals surface area contributed by atoms with E-state index in [0.717, 1.165) is 0 Å². The number of amides is 1. The number of benzene rings is 1. The van der Waals surface area contributed by atoms with Crippen LogP contribution in [0.3, 0.4) is 0 Å². The van der Waals surface area contributed by atoms with Gasteiger partial charge in [0.2, 0.25) is 5.91 Å². The Hall–Kier alpha value is -1.59. The lowest BCUT2D eigenvalue weighted by Crippen LogP contribution is -2.22. The Morgan fingerprint density at radius 3 is 2.24 bits per heavy atom. The highest BCUT2D eigenvalue weighted by Gasteiger charge is 2.15. The van der Waals surface area contributed by atoms with Gasteiger partial charge in [-0.3, -0.25) is 9.59 Å². The van der Waals surface area contributed by atoms with Gasteiger partial charge >= 0.3 is 5.97 Å². The second-order valence-corrected chi connectivity index (χ2v) is 3.30. The first-order chi connectivity index (χ1) is 7.54. The molecule has 94 valence electrons. The molecule has 1 aromatic carbocycles. The van der Waals surface area contributed by atoms with Crippen LogP contribution in [-0.4, -0.2) is 19.0 Å². The number of nitrogens with two attached hydrogens (primary N) is 1. The zero-order valence-corrected chi connectivity index (χ0v) is 10.4. The zero-order valence-electron chi connectivity index (χ0n) is 9.60. The number of carbonyl (C=O) groups excluding carboxylic acids is 2. The average Bonchev–Trinajstić information content (AvgIpc) is 2.27. The number of methoxy groups -OCH3 is 1. The Kier molecular flexibility index (Phi) is 6.23. The second kappa shape index (κ2) is 6.88. The Labute approximate surface area is 106 Å². The van der Waals surface area contributed by atoms with Gasteiger partial charge < -0.3 is 15.8 Å². The fraction of sp³-hybridized carbons (Fsp3) is 0.273. The highest BCUT2D eigenvalue weighted by Crippen LogP contribution is 2.15. The molecular weight excluding hydrogens is 244 g/mol. The normalized spacial score (nSPS) is 11.0. The van der Waals surface area contributed by atoms with Crippen LogP contribution in [0.4, 0.5) is 5.69 Å². The number of rotatable bonds is 3. The van der Waals surface area contributed by atoms with Crippen LogP contribution in [0.25, 0.3) is 0 Å². The van der Waals surface area contributed by atoms with Gasteiger partial charge in [-0.05, 0) is 17.7 Å². The lowest BCUT2D eigenvalue weighted by Gasteiger charge is -2.10. The number of carbonyl (C=O) groups is 2. The van der Waals surface area contributed by atoms with Crippen molar-refractivity contribution >= 4 is 30.0 Å². The molecule has 0 bridgehead atoms. The monoisotopic (exact) mass is 258 g/mol. The van der Waals surface area contributed by atoms with Crippen LogP contribution in [0.1, 0.15) is 18.5 Å². The number of halogens is 1. The molecular formula is C11H15ClN2O3. The van der Waals surface area contributed by atoms with Gasteiger partial charge in [0.15, 0.2) is 0 Å². The first-order valence-electron chi connectivity index (χ1n) is 4.75. The first kappa shape index (κ1) is 15.4. The third-order valence-electron chi connectivity index (χ3n) is 2.05. The molecule has 0 radical (unpaired) electrons. The molecule has 1 atom stereocenters. The highest BCUT2D eigenvalue weighted by atomic mass is 35.5. The van der Waals surface area contributed by atoms with E-state index in [1.807, 2.05) is 0 Å². The molecule has 0 aromatic heterocycles. The lowest BCUT2D eigenvalue weighted by molar-refractivity contribution is -0.142.